The van der Waals surface area contributed by atoms with E-state index >= 15 is 0 Å². The monoisotopic (exact) mass is 340 g/mol. The van der Waals surface area contributed by atoms with E-state index in [1.807, 2.05) is 29.2 Å². The number of carbonyl (C=O) groups is 1. The lowest BCUT2D eigenvalue weighted by atomic mass is 10.2. The molecular weight excluding hydrogens is 316 g/mol. The second-order valence-corrected chi connectivity index (χ2v) is 6.11. The zero-order valence-electron chi connectivity index (χ0n) is 14.6. The van der Waals surface area contributed by atoms with Crippen molar-refractivity contribution in [2.75, 3.05) is 36.4 Å². The van der Waals surface area contributed by atoms with E-state index in [1.165, 1.54) is 0 Å². The summed E-state index contributed by atoms with van der Waals surface area (Å²) in [6.45, 7) is 5.20. The molecule has 0 unspecified atom stereocenters. The van der Waals surface area contributed by atoms with Crippen LogP contribution < -0.4 is 10.2 Å². The third-order valence-electron chi connectivity index (χ3n) is 4.30. The molecule has 1 N–H and O–H groups in total. The highest BCUT2D eigenvalue weighted by Gasteiger charge is 2.21. The first-order valence-electron chi connectivity index (χ1n) is 8.80. The lowest BCUT2D eigenvalue weighted by Gasteiger charge is -2.35. The van der Waals surface area contributed by atoms with Crippen molar-refractivity contribution in [1.29, 1.82) is 0 Å². The standard InChI is InChI=1S/C18H24N6O/c1-2-3-4-18(25)24-13-11-23(12-14-24)17-6-5-16(21-22-17)20-15-7-9-19-10-8-15/h5-10H,2-4,11-14H2,1H3,(H,19,20,21). The fourth-order valence-electron chi connectivity index (χ4n) is 2.81. The van der Waals surface area contributed by atoms with Crippen molar-refractivity contribution in [3.63, 3.8) is 0 Å². The number of aromatic nitrogens is 3. The first-order chi connectivity index (χ1) is 12.3. The highest BCUT2D eigenvalue weighted by molar-refractivity contribution is 5.76. The first-order valence-corrected chi connectivity index (χ1v) is 8.80. The van der Waals surface area contributed by atoms with Gasteiger partial charge in [0, 0.05) is 50.7 Å². The fourth-order valence-corrected chi connectivity index (χ4v) is 2.81. The number of unbranched alkanes of at least 4 members (excludes halogenated alkanes) is 1. The Morgan fingerprint density at radius 3 is 2.48 bits per heavy atom. The summed E-state index contributed by atoms with van der Waals surface area (Å²) in [6.07, 6.45) is 6.14. The van der Waals surface area contributed by atoms with Crippen LogP contribution in [0.25, 0.3) is 0 Å². The summed E-state index contributed by atoms with van der Waals surface area (Å²) in [4.78, 5) is 20.2. The molecule has 25 heavy (non-hydrogen) atoms. The van der Waals surface area contributed by atoms with Crippen LogP contribution in [0, 0.1) is 0 Å². The second-order valence-electron chi connectivity index (χ2n) is 6.11. The molecule has 3 heterocycles. The van der Waals surface area contributed by atoms with E-state index in [0.29, 0.717) is 12.2 Å². The van der Waals surface area contributed by atoms with Gasteiger partial charge in [0.1, 0.15) is 0 Å². The molecule has 0 aromatic carbocycles. The molecule has 0 radical (unpaired) electrons. The average Bonchev–Trinajstić information content (AvgIpc) is 2.68. The number of anilines is 3. The SMILES string of the molecule is CCCCC(=O)N1CCN(c2ccc(Nc3ccncc3)nn2)CC1. The molecule has 7 heteroatoms. The van der Waals surface area contributed by atoms with E-state index in [-0.39, 0.29) is 5.91 Å². The van der Waals surface area contributed by atoms with Crippen molar-refractivity contribution in [1.82, 2.24) is 20.1 Å². The minimum Gasteiger partial charge on any atom is -0.352 e. The van der Waals surface area contributed by atoms with Crippen molar-refractivity contribution < 1.29 is 4.79 Å². The van der Waals surface area contributed by atoms with Crippen LogP contribution in [0.3, 0.4) is 0 Å². The zero-order valence-corrected chi connectivity index (χ0v) is 14.6. The Labute approximate surface area is 148 Å². The molecule has 0 bridgehead atoms. The first kappa shape index (κ1) is 17.1. The number of carbonyl (C=O) groups excluding carboxylic acids is 1. The van der Waals surface area contributed by atoms with Gasteiger partial charge in [-0.25, -0.2) is 0 Å². The van der Waals surface area contributed by atoms with Gasteiger partial charge in [-0.3, -0.25) is 9.78 Å². The van der Waals surface area contributed by atoms with E-state index in [0.717, 1.165) is 50.5 Å². The third-order valence-corrected chi connectivity index (χ3v) is 4.30. The maximum atomic E-state index is 12.1. The maximum Gasteiger partial charge on any atom is 0.222 e. The van der Waals surface area contributed by atoms with Crippen molar-refractivity contribution in [2.45, 2.75) is 26.2 Å². The molecule has 1 aliphatic rings. The Hall–Kier alpha value is -2.70. The molecule has 1 fully saturated rings. The lowest BCUT2D eigenvalue weighted by molar-refractivity contribution is -0.131. The molecule has 2 aromatic rings. The van der Waals surface area contributed by atoms with Gasteiger partial charge in [0.2, 0.25) is 5.91 Å². The molecular formula is C18H24N6O. The highest BCUT2D eigenvalue weighted by atomic mass is 16.2. The minimum atomic E-state index is 0.268. The molecule has 0 atom stereocenters. The molecule has 132 valence electrons. The molecule has 1 saturated heterocycles. The molecule has 0 saturated carbocycles. The summed E-state index contributed by atoms with van der Waals surface area (Å²) in [5.41, 5.74) is 0.927. The van der Waals surface area contributed by atoms with Crippen LogP contribution in [0.15, 0.2) is 36.7 Å². The summed E-state index contributed by atoms with van der Waals surface area (Å²) in [5, 5.41) is 11.7. The van der Waals surface area contributed by atoms with Gasteiger partial charge in [0.25, 0.3) is 0 Å². The van der Waals surface area contributed by atoms with Crippen LogP contribution in [0.5, 0.6) is 0 Å². The number of nitrogens with zero attached hydrogens (tertiary/aromatic N) is 5. The number of amides is 1. The largest absolute Gasteiger partial charge is 0.352 e. The molecule has 0 aliphatic carbocycles. The third kappa shape index (κ3) is 4.65. The van der Waals surface area contributed by atoms with Gasteiger partial charge in [-0.05, 0) is 30.7 Å². The van der Waals surface area contributed by atoms with Crippen molar-refractivity contribution in [3.05, 3.63) is 36.7 Å². The maximum absolute atomic E-state index is 12.1. The number of hydrogen-bond acceptors (Lipinski definition) is 6. The number of piperazine rings is 1. The molecule has 1 aliphatic heterocycles. The smallest absolute Gasteiger partial charge is 0.222 e. The van der Waals surface area contributed by atoms with Crippen molar-refractivity contribution >= 4 is 23.2 Å². The molecule has 2 aromatic heterocycles. The minimum absolute atomic E-state index is 0.268. The molecule has 0 spiro atoms. The molecule has 7 nitrogen and oxygen atoms in total. The van der Waals surface area contributed by atoms with Crippen molar-refractivity contribution in [3.8, 4) is 0 Å². The van der Waals surface area contributed by atoms with Crippen LogP contribution in [0.2, 0.25) is 0 Å². The van der Waals surface area contributed by atoms with Crippen LogP contribution in [0.1, 0.15) is 26.2 Å². The highest BCUT2D eigenvalue weighted by Crippen LogP contribution is 2.17. The predicted octanol–water partition coefficient (Wildman–Crippen LogP) is 2.45. The summed E-state index contributed by atoms with van der Waals surface area (Å²) >= 11 is 0. The van der Waals surface area contributed by atoms with E-state index < -0.39 is 0 Å². The predicted molar refractivity (Wildman–Crippen MR) is 97.9 cm³/mol. The van der Waals surface area contributed by atoms with Gasteiger partial charge in [-0.2, -0.15) is 0 Å². The normalized spacial score (nSPS) is 14.4. The quantitative estimate of drug-likeness (QED) is 0.871. The van der Waals surface area contributed by atoms with Crippen LogP contribution in [-0.4, -0.2) is 52.2 Å². The Morgan fingerprint density at radius 2 is 1.84 bits per heavy atom. The van der Waals surface area contributed by atoms with Gasteiger partial charge in [0.15, 0.2) is 11.6 Å². The van der Waals surface area contributed by atoms with Crippen LogP contribution in [-0.2, 0) is 4.79 Å². The summed E-state index contributed by atoms with van der Waals surface area (Å²) in [5.74, 6) is 1.81. The van der Waals surface area contributed by atoms with E-state index in [4.69, 9.17) is 0 Å². The van der Waals surface area contributed by atoms with Gasteiger partial charge in [0.05, 0.1) is 0 Å². The molecule has 1 amide bonds. The summed E-state index contributed by atoms with van der Waals surface area (Å²) in [7, 11) is 0. The van der Waals surface area contributed by atoms with E-state index in [9.17, 15) is 4.79 Å². The average molecular weight is 340 g/mol. The van der Waals surface area contributed by atoms with Crippen LogP contribution in [0.4, 0.5) is 17.3 Å². The lowest BCUT2D eigenvalue weighted by Crippen LogP contribution is -2.49. The van der Waals surface area contributed by atoms with Gasteiger partial charge >= 0.3 is 0 Å². The van der Waals surface area contributed by atoms with Gasteiger partial charge in [-0.15, -0.1) is 10.2 Å². The zero-order chi connectivity index (χ0) is 17.5. The Morgan fingerprint density at radius 1 is 1.08 bits per heavy atom. The summed E-state index contributed by atoms with van der Waals surface area (Å²) < 4.78 is 0. The number of rotatable bonds is 6. The Kier molecular flexibility index (Phi) is 5.77. The second kappa shape index (κ2) is 8.41. The van der Waals surface area contributed by atoms with Gasteiger partial charge in [-0.1, -0.05) is 13.3 Å². The topological polar surface area (TPSA) is 74.2 Å². The fraction of sp³-hybridized carbons (Fsp3) is 0.444. The van der Waals surface area contributed by atoms with E-state index in [2.05, 4.69) is 32.3 Å². The molecule has 3 rings (SSSR count). The van der Waals surface area contributed by atoms with Crippen LogP contribution >= 0.6 is 0 Å². The number of pyridine rings is 1. The number of nitrogens with one attached hydrogen (secondary N) is 1. The Balaban J connectivity index is 1.52. The van der Waals surface area contributed by atoms with E-state index in [1.54, 1.807) is 12.4 Å². The van der Waals surface area contributed by atoms with Crippen molar-refractivity contribution in [2.24, 2.45) is 0 Å². The Bertz CT molecular complexity index is 668. The van der Waals surface area contributed by atoms with Gasteiger partial charge < -0.3 is 15.1 Å². The summed E-state index contributed by atoms with van der Waals surface area (Å²) in [6, 6.07) is 7.64. The number of hydrogen-bond donors (Lipinski definition) is 1.